The Morgan fingerprint density at radius 1 is 1.47 bits per heavy atom. The molecule has 1 N–H and O–H groups in total. The molecule has 1 heterocycles. The van der Waals surface area contributed by atoms with E-state index in [0.717, 1.165) is 5.56 Å². The molecule has 1 unspecified atom stereocenters. The molecule has 96 valence electrons. The number of halogens is 3. The summed E-state index contributed by atoms with van der Waals surface area (Å²) in [6, 6.07) is 1.73. The molecule has 1 aromatic rings. The summed E-state index contributed by atoms with van der Waals surface area (Å²) in [4.78, 5) is 3.85. The maximum Gasteiger partial charge on any atom is 0.411 e. The van der Waals surface area contributed by atoms with Gasteiger partial charge in [0.25, 0.3) is 0 Å². The van der Waals surface area contributed by atoms with Gasteiger partial charge in [-0.05, 0) is 18.6 Å². The van der Waals surface area contributed by atoms with Gasteiger partial charge in [-0.2, -0.15) is 13.2 Å². The van der Waals surface area contributed by atoms with Gasteiger partial charge in [0.05, 0.1) is 6.10 Å². The second kappa shape index (κ2) is 5.97. The molecule has 0 saturated heterocycles. The molecule has 1 aromatic heterocycles. The molecule has 0 saturated carbocycles. The largest absolute Gasteiger partial charge is 0.411 e. The molecule has 3 nitrogen and oxygen atoms in total. The van der Waals surface area contributed by atoms with E-state index in [1.54, 1.807) is 19.2 Å². The van der Waals surface area contributed by atoms with Gasteiger partial charge in [0.15, 0.2) is 0 Å². The van der Waals surface area contributed by atoms with Gasteiger partial charge in [0, 0.05) is 31.0 Å². The van der Waals surface area contributed by atoms with Crippen LogP contribution in [0.3, 0.4) is 0 Å². The lowest BCUT2D eigenvalue weighted by Crippen LogP contribution is -2.18. The lowest BCUT2D eigenvalue weighted by molar-refractivity contribution is -0.175. The molecule has 6 heteroatoms. The van der Waals surface area contributed by atoms with Gasteiger partial charge in [-0.15, -0.1) is 0 Å². The van der Waals surface area contributed by atoms with Crippen LogP contribution in [0.15, 0.2) is 18.5 Å². The normalized spacial score (nSPS) is 13.7. The lowest BCUT2D eigenvalue weighted by Gasteiger charge is -2.13. The fourth-order valence-electron chi connectivity index (χ4n) is 1.36. The summed E-state index contributed by atoms with van der Waals surface area (Å²) in [6.07, 6.45) is -1.97. The van der Waals surface area contributed by atoms with Crippen LogP contribution < -0.4 is 0 Å². The maximum absolute atomic E-state index is 11.8. The average molecular weight is 249 g/mol. The maximum atomic E-state index is 11.8. The van der Waals surface area contributed by atoms with Gasteiger partial charge in [-0.3, -0.25) is 4.98 Å². The Bertz CT molecular complexity index is 355. The molecular formula is C11H14F3NO2. The molecular weight excluding hydrogens is 235 g/mol. The number of hydrogen-bond acceptors (Lipinski definition) is 3. The third-order valence-corrected chi connectivity index (χ3v) is 2.24. The van der Waals surface area contributed by atoms with Gasteiger partial charge in [0.1, 0.15) is 6.61 Å². The standard InChI is InChI=1S/C11H14F3NO2/c1-8-2-4-15-6-9(8)10(16)3-5-17-7-11(12,13)14/h2,4,6,10,16H,3,5,7H2,1H3. The molecule has 0 aliphatic rings. The van der Waals surface area contributed by atoms with Crippen molar-refractivity contribution in [2.75, 3.05) is 13.2 Å². The number of pyridine rings is 1. The molecule has 1 rings (SSSR count). The highest BCUT2D eigenvalue weighted by molar-refractivity contribution is 5.23. The lowest BCUT2D eigenvalue weighted by atomic mass is 10.0. The number of ether oxygens (including phenoxy) is 1. The van der Waals surface area contributed by atoms with E-state index in [9.17, 15) is 18.3 Å². The molecule has 0 fully saturated rings. The average Bonchev–Trinajstić information content (AvgIpc) is 2.23. The van der Waals surface area contributed by atoms with Crippen molar-refractivity contribution in [2.24, 2.45) is 0 Å². The minimum absolute atomic E-state index is 0.114. The zero-order valence-corrected chi connectivity index (χ0v) is 9.37. The summed E-state index contributed by atoms with van der Waals surface area (Å²) >= 11 is 0. The molecule has 1 atom stereocenters. The van der Waals surface area contributed by atoms with E-state index in [2.05, 4.69) is 9.72 Å². The van der Waals surface area contributed by atoms with Crippen molar-refractivity contribution < 1.29 is 23.0 Å². The van der Waals surface area contributed by atoms with Crippen molar-refractivity contribution in [1.29, 1.82) is 0 Å². The van der Waals surface area contributed by atoms with Crippen LogP contribution in [-0.2, 0) is 4.74 Å². The third kappa shape index (κ3) is 5.14. The Hall–Kier alpha value is -1.14. The first-order valence-corrected chi connectivity index (χ1v) is 5.13. The Balaban J connectivity index is 2.36. The molecule has 17 heavy (non-hydrogen) atoms. The van der Waals surface area contributed by atoms with Crippen LogP contribution in [0.25, 0.3) is 0 Å². The Kier molecular flexibility index (Phi) is 4.89. The van der Waals surface area contributed by atoms with Crippen LogP contribution in [0.2, 0.25) is 0 Å². The topological polar surface area (TPSA) is 42.4 Å². The third-order valence-electron chi connectivity index (χ3n) is 2.24. The molecule has 0 aromatic carbocycles. The predicted molar refractivity (Wildman–Crippen MR) is 55.4 cm³/mol. The van der Waals surface area contributed by atoms with E-state index in [0.29, 0.717) is 5.56 Å². The van der Waals surface area contributed by atoms with Crippen LogP contribution in [0, 0.1) is 6.92 Å². The Morgan fingerprint density at radius 3 is 2.76 bits per heavy atom. The van der Waals surface area contributed by atoms with Crippen molar-refractivity contribution in [2.45, 2.75) is 25.6 Å². The van der Waals surface area contributed by atoms with Crippen molar-refractivity contribution in [3.05, 3.63) is 29.6 Å². The fraction of sp³-hybridized carbons (Fsp3) is 0.545. The summed E-state index contributed by atoms with van der Waals surface area (Å²) in [7, 11) is 0. The van der Waals surface area contributed by atoms with E-state index in [4.69, 9.17) is 0 Å². The summed E-state index contributed by atoms with van der Waals surface area (Å²) < 4.78 is 39.7. The zero-order valence-electron chi connectivity index (χ0n) is 9.37. The summed E-state index contributed by atoms with van der Waals surface area (Å²) in [5, 5.41) is 9.73. The molecule has 0 amide bonds. The second-order valence-corrected chi connectivity index (χ2v) is 3.70. The highest BCUT2D eigenvalue weighted by atomic mass is 19.4. The number of alkyl halides is 3. The summed E-state index contributed by atoms with van der Waals surface area (Å²) in [5.74, 6) is 0. The predicted octanol–water partition coefficient (Wildman–Crippen LogP) is 2.39. The number of aliphatic hydroxyl groups is 1. The molecule has 0 aliphatic heterocycles. The summed E-state index contributed by atoms with van der Waals surface area (Å²) in [5.41, 5.74) is 1.46. The first kappa shape index (κ1) is 13.9. The number of hydrogen-bond donors (Lipinski definition) is 1. The summed E-state index contributed by atoms with van der Waals surface area (Å²) in [6.45, 7) is 0.373. The molecule has 0 aliphatic carbocycles. The Morgan fingerprint density at radius 2 is 2.18 bits per heavy atom. The zero-order chi connectivity index (χ0) is 12.9. The number of rotatable bonds is 5. The number of aryl methyl sites for hydroxylation is 1. The molecule has 0 spiro atoms. The SMILES string of the molecule is Cc1ccncc1C(O)CCOCC(F)(F)F. The van der Waals surface area contributed by atoms with Gasteiger partial charge < -0.3 is 9.84 Å². The molecule has 0 bridgehead atoms. The van der Waals surface area contributed by atoms with E-state index >= 15 is 0 Å². The Labute approximate surface area is 97.2 Å². The van der Waals surface area contributed by atoms with Crippen LogP contribution in [0.4, 0.5) is 13.2 Å². The van der Waals surface area contributed by atoms with Crippen molar-refractivity contribution in [1.82, 2.24) is 4.98 Å². The van der Waals surface area contributed by atoms with Crippen LogP contribution in [0.1, 0.15) is 23.7 Å². The van der Waals surface area contributed by atoms with Crippen molar-refractivity contribution in [3.8, 4) is 0 Å². The quantitative estimate of drug-likeness (QED) is 0.815. The number of nitrogens with zero attached hydrogens (tertiary/aromatic N) is 1. The number of aromatic nitrogens is 1. The van der Waals surface area contributed by atoms with E-state index < -0.39 is 18.9 Å². The van der Waals surface area contributed by atoms with E-state index in [1.165, 1.54) is 6.20 Å². The van der Waals surface area contributed by atoms with Crippen molar-refractivity contribution >= 4 is 0 Å². The smallest absolute Gasteiger partial charge is 0.388 e. The molecule has 0 radical (unpaired) electrons. The van der Waals surface area contributed by atoms with Gasteiger partial charge >= 0.3 is 6.18 Å². The van der Waals surface area contributed by atoms with Gasteiger partial charge in [-0.1, -0.05) is 0 Å². The minimum atomic E-state index is -4.32. The highest BCUT2D eigenvalue weighted by Crippen LogP contribution is 2.20. The van der Waals surface area contributed by atoms with E-state index in [1.807, 2.05) is 0 Å². The van der Waals surface area contributed by atoms with E-state index in [-0.39, 0.29) is 13.0 Å². The minimum Gasteiger partial charge on any atom is -0.388 e. The first-order chi connectivity index (χ1) is 7.90. The van der Waals surface area contributed by atoms with Crippen LogP contribution in [0.5, 0.6) is 0 Å². The van der Waals surface area contributed by atoms with Gasteiger partial charge in [-0.25, -0.2) is 0 Å². The highest BCUT2D eigenvalue weighted by Gasteiger charge is 2.27. The van der Waals surface area contributed by atoms with Crippen LogP contribution in [-0.4, -0.2) is 29.5 Å². The monoisotopic (exact) mass is 249 g/mol. The van der Waals surface area contributed by atoms with Gasteiger partial charge in [0.2, 0.25) is 0 Å². The van der Waals surface area contributed by atoms with Crippen molar-refractivity contribution in [3.63, 3.8) is 0 Å². The second-order valence-electron chi connectivity index (χ2n) is 3.70. The number of aliphatic hydroxyl groups excluding tert-OH is 1. The first-order valence-electron chi connectivity index (χ1n) is 5.13. The fourth-order valence-corrected chi connectivity index (χ4v) is 1.36. The van der Waals surface area contributed by atoms with Crippen LogP contribution >= 0.6 is 0 Å².